The second-order valence-corrected chi connectivity index (χ2v) is 9.50. The van der Waals surface area contributed by atoms with Crippen molar-refractivity contribution < 1.29 is 9.53 Å². The smallest absolute Gasteiger partial charge is 0.224 e. The number of likely N-dealkylation sites (tertiary alicyclic amines) is 2. The molecule has 2 fully saturated rings. The van der Waals surface area contributed by atoms with Gasteiger partial charge in [-0.1, -0.05) is 55.5 Å². The second kappa shape index (κ2) is 8.73. The lowest BCUT2D eigenvalue weighted by atomic mass is 9.66. The molecular weight excluding hydrogens is 386 g/mol. The molecule has 2 saturated heterocycles. The zero-order valence-corrected chi connectivity index (χ0v) is 19.1. The van der Waals surface area contributed by atoms with E-state index in [0.29, 0.717) is 19.6 Å². The van der Waals surface area contributed by atoms with Crippen molar-refractivity contribution in [2.45, 2.75) is 45.3 Å². The fourth-order valence-corrected chi connectivity index (χ4v) is 5.42. The number of benzene rings is 2. The molecule has 2 aliphatic rings. The zero-order chi connectivity index (χ0) is 22.1. The van der Waals surface area contributed by atoms with Crippen molar-refractivity contribution in [1.29, 1.82) is 0 Å². The van der Waals surface area contributed by atoms with Crippen molar-refractivity contribution in [1.82, 2.24) is 9.80 Å². The van der Waals surface area contributed by atoms with E-state index in [9.17, 15) is 4.79 Å². The highest BCUT2D eigenvalue weighted by atomic mass is 16.5. The van der Waals surface area contributed by atoms with Crippen LogP contribution in [0.2, 0.25) is 0 Å². The molecule has 2 aromatic carbocycles. The Morgan fingerprint density at radius 2 is 1.84 bits per heavy atom. The van der Waals surface area contributed by atoms with E-state index in [1.165, 1.54) is 22.3 Å². The summed E-state index contributed by atoms with van der Waals surface area (Å²) < 4.78 is 5.24. The normalized spacial score (nSPS) is 26.7. The van der Waals surface area contributed by atoms with E-state index in [1.54, 1.807) is 7.11 Å². The van der Waals surface area contributed by atoms with Crippen molar-refractivity contribution in [3.05, 3.63) is 59.7 Å². The summed E-state index contributed by atoms with van der Waals surface area (Å²) in [5.74, 6) is 0.164. The van der Waals surface area contributed by atoms with Gasteiger partial charge in [-0.05, 0) is 42.0 Å². The first-order valence-electron chi connectivity index (χ1n) is 11.3. The van der Waals surface area contributed by atoms with E-state index >= 15 is 0 Å². The minimum absolute atomic E-state index is 0.117. The van der Waals surface area contributed by atoms with Gasteiger partial charge in [-0.2, -0.15) is 0 Å². The molecule has 0 spiro atoms. The van der Waals surface area contributed by atoms with Gasteiger partial charge in [-0.25, -0.2) is 0 Å². The molecule has 1 unspecified atom stereocenters. The number of hydrogen-bond donors (Lipinski definition) is 1. The summed E-state index contributed by atoms with van der Waals surface area (Å²) in [4.78, 5) is 17.0. The number of carbonyl (C=O) groups is 1. The van der Waals surface area contributed by atoms with Gasteiger partial charge in [0.2, 0.25) is 5.91 Å². The Labute approximate surface area is 186 Å². The Balaban J connectivity index is 1.46. The SMILES string of the molecule is COCCN1C(=O)CC[C@]2(C)CN(Cc3ccc(-c4ccccc4C)cc3)CCC12N. The number of piperidine rings is 2. The third-order valence-corrected chi connectivity index (χ3v) is 7.44. The first kappa shape index (κ1) is 22.0. The molecular formula is C26H35N3O2. The predicted octanol–water partition coefficient (Wildman–Crippen LogP) is 3.80. The maximum absolute atomic E-state index is 12.6. The molecule has 31 heavy (non-hydrogen) atoms. The van der Waals surface area contributed by atoms with Gasteiger partial charge in [0, 0.05) is 45.1 Å². The molecule has 0 radical (unpaired) electrons. The second-order valence-electron chi connectivity index (χ2n) is 9.50. The largest absolute Gasteiger partial charge is 0.383 e. The van der Waals surface area contributed by atoms with Gasteiger partial charge in [0.1, 0.15) is 0 Å². The van der Waals surface area contributed by atoms with Gasteiger partial charge in [-0.15, -0.1) is 0 Å². The fourth-order valence-electron chi connectivity index (χ4n) is 5.42. The summed E-state index contributed by atoms with van der Waals surface area (Å²) in [7, 11) is 1.67. The van der Waals surface area contributed by atoms with E-state index in [4.69, 9.17) is 10.5 Å². The molecule has 2 atom stereocenters. The van der Waals surface area contributed by atoms with Crippen LogP contribution in [0.5, 0.6) is 0 Å². The topological polar surface area (TPSA) is 58.8 Å². The van der Waals surface area contributed by atoms with Crippen LogP contribution in [-0.4, -0.2) is 54.7 Å². The van der Waals surface area contributed by atoms with Crippen LogP contribution in [0.15, 0.2) is 48.5 Å². The molecule has 2 N–H and O–H groups in total. The van der Waals surface area contributed by atoms with Crippen LogP contribution in [0.25, 0.3) is 11.1 Å². The highest BCUT2D eigenvalue weighted by Crippen LogP contribution is 2.46. The van der Waals surface area contributed by atoms with Crippen LogP contribution in [0.3, 0.4) is 0 Å². The van der Waals surface area contributed by atoms with E-state index in [-0.39, 0.29) is 11.3 Å². The number of carbonyl (C=O) groups excluding carboxylic acids is 1. The Morgan fingerprint density at radius 1 is 1.10 bits per heavy atom. The average molecular weight is 422 g/mol. The summed E-state index contributed by atoms with van der Waals surface area (Å²) in [5, 5.41) is 0. The Morgan fingerprint density at radius 3 is 2.55 bits per heavy atom. The third-order valence-electron chi connectivity index (χ3n) is 7.44. The van der Waals surface area contributed by atoms with Crippen molar-refractivity contribution in [3.8, 4) is 11.1 Å². The zero-order valence-electron chi connectivity index (χ0n) is 19.1. The highest BCUT2D eigenvalue weighted by molar-refractivity contribution is 5.78. The van der Waals surface area contributed by atoms with Gasteiger partial charge in [0.15, 0.2) is 0 Å². The third kappa shape index (κ3) is 4.14. The standard InChI is InChI=1S/C26H35N3O2/c1-20-6-4-5-7-23(20)22-10-8-21(9-11-22)18-28-15-14-26(27)25(2,19-28)13-12-24(30)29(26)16-17-31-3/h4-11H,12-19,27H2,1-3H3/t25-,26?/m1/s1. The summed E-state index contributed by atoms with van der Waals surface area (Å²) in [5.41, 5.74) is 11.4. The molecule has 4 rings (SSSR count). The molecule has 1 amide bonds. The van der Waals surface area contributed by atoms with Crippen LogP contribution < -0.4 is 5.73 Å². The molecule has 0 bridgehead atoms. The van der Waals surface area contributed by atoms with E-state index in [1.807, 2.05) is 4.90 Å². The highest BCUT2D eigenvalue weighted by Gasteiger charge is 2.56. The quantitative estimate of drug-likeness (QED) is 0.771. The van der Waals surface area contributed by atoms with Crippen LogP contribution in [0, 0.1) is 12.3 Å². The first-order chi connectivity index (χ1) is 14.9. The van der Waals surface area contributed by atoms with Crippen LogP contribution in [-0.2, 0) is 16.1 Å². The number of hydrogen-bond acceptors (Lipinski definition) is 4. The van der Waals surface area contributed by atoms with E-state index < -0.39 is 5.66 Å². The fraction of sp³-hybridized carbons (Fsp3) is 0.500. The molecule has 0 aliphatic carbocycles. The predicted molar refractivity (Wildman–Crippen MR) is 124 cm³/mol. The van der Waals surface area contributed by atoms with Gasteiger partial charge in [0.25, 0.3) is 0 Å². The summed E-state index contributed by atoms with van der Waals surface area (Å²) in [6.45, 7) is 8.21. The van der Waals surface area contributed by atoms with Crippen molar-refractivity contribution in [2.75, 3.05) is 33.4 Å². The lowest BCUT2D eigenvalue weighted by Gasteiger charge is -2.60. The molecule has 5 nitrogen and oxygen atoms in total. The van der Waals surface area contributed by atoms with Gasteiger partial charge < -0.3 is 15.4 Å². The number of ether oxygens (including phenoxy) is 1. The average Bonchev–Trinajstić information content (AvgIpc) is 2.76. The minimum Gasteiger partial charge on any atom is -0.383 e. The molecule has 2 heterocycles. The maximum atomic E-state index is 12.6. The number of aryl methyl sites for hydroxylation is 1. The number of methoxy groups -OCH3 is 1. The number of nitrogens with two attached hydrogens (primary N) is 1. The van der Waals surface area contributed by atoms with Gasteiger partial charge >= 0.3 is 0 Å². The molecule has 5 heteroatoms. The van der Waals surface area contributed by atoms with Crippen LogP contribution in [0.1, 0.15) is 37.3 Å². The maximum Gasteiger partial charge on any atom is 0.224 e. The number of fused-ring (bicyclic) bond motifs is 1. The summed E-state index contributed by atoms with van der Waals surface area (Å²) >= 11 is 0. The summed E-state index contributed by atoms with van der Waals surface area (Å²) in [6, 6.07) is 17.4. The lowest BCUT2D eigenvalue weighted by molar-refractivity contribution is -0.166. The van der Waals surface area contributed by atoms with Gasteiger partial charge in [-0.3, -0.25) is 9.69 Å². The molecule has 0 aromatic heterocycles. The molecule has 2 aromatic rings. The number of rotatable bonds is 6. The number of nitrogens with zero attached hydrogens (tertiary/aromatic N) is 2. The summed E-state index contributed by atoms with van der Waals surface area (Å²) in [6.07, 6.45) is 2.20. The first-order valence-corrected chi connectivity index (χ1v) is 11.3. The minimum atomic E-state index is -0.591. The molecule has 2 aliphatic heterocycles. The van der Waals surface area contributed by atoms with E-state index in [2.05, 4.69) is 67.3 Å². The Kier molecular flexibility index (Phi) is 6.20. The Bertz CT molecular complexity index is 929. The van der Waals surface area contributed by atoms with Crippen LogP contribution in [0.4, 0.5) is 0 Å². The lowest BCUT2D eigenvalue weighted by Crippen LogP contribution is -2.75. The van der Waals surface area contributed by atoms with E-state index in [0.717, 1.165) is 32.5 Å². The molecule has 166 valence electrons. The van der Waals surface area contributed by atoms with Crippen molar-refractivity contribution >= 4 is 5.91 Å². The Hall–Kier alpha value is -2.21. The van der Waals surface area contributed by atoms with Gasteiger partial charge in [0.05, 0.1) is 12.3 Å². The monoisotopic (exact) mass is 421 g/mol. The van der Waals surface area contributed by atoms with Crippen molar-refractivity contribution in [2.24, 2.45) is 11.1 Å². The van der Waals surface area contributed by atoms with Crippen LogP contribution >= 0.6 is 0 Å². The number of amides is 1. The molecule has 0 saturated carbocycles. The van der Waals surface area contributed by atoms with Crippen molar-refractivity contribution in [3.63, 3.8) is 0 Å².